The Morgan fingerprint density at radius 2 is 2.08 bits per heavy atom. The molecule has 1 amide bonds. The molecule has 0 saturated carbocycles. The number of ether oxygens (including phenoxy) is 1. The molecule has 1 saturated heterocycles. The predicted molar refractivity (Wildman–Crippen MR) is 133 cm³/mol. The largest absolute Gasteiger partial charge is 0.387 e. The Morgan fingerprint density at radius 1 is 1.31 bits per heavy atom. The fourth-order valence-electron chi connectivity index (χ4n) is 3.87. The number of hydrogen-bond donors (Lipinski definition) is 3. The quantitative estimate of drug-likeness (QED) is 0.411. The maximum Gasteiger partial charge on any atom is 0.255 e. The Hall–Kier alpha value is -3.59. The summed E-state index contributed by atoms with van der Waals surface area (Å²) in [5, 5.41) is 25.6. The highest BCUT2D eigenvalue weighted by Crippen LogP contribution is 2.23. The number of halogens is 1. The highest BCUT2D eigenvalue weighted by atomic mass is 19.1. The maximum absolute atomic E-state index is 14.2. The van der Waals surface area contributed by atoms with Crippen molar-refractivity contribution in [2.24, 2.45) is 0 Å². The molecule has 1 atom stereocenters. The van der Waals surface area contributed by atoms with E-state index in [0.717, 1.165) is 25.0 Å². The van der Waals surface area contributed by atoms with Crippen LogP contribution in [0.2, 0.25) is 0 Å². The van der Waals surface area contributed by atoms with E-state index in [2.05, 4.69) is 31.6 Å². The van der Waals surface area contributed by atoms with E-state index >= 15 is 0 Å². The highest BCUT2D eigenvalue weighted by Gasteiger charge is 2.27. The van der Waals surface area contributed by atoms with Gasteiger partial charge in [-0.05, 0) is 26.0 Å². The number of carbonyl (C=O) groups excluding carboxylic acids is 1. The molecule has 10 nitrogen and oxygen atoms in total. The maximum atomic E-state index is 14.2. The molecule has 0 aromatic carbocycles. The topological polar surface area (TPSA) is 128 Å². The van der Waals surface area contributed by atoms with E-state index in [9.17, 15) is 14.3 Å². The van der Waals surface area contributed by atoms with Gasteiger partial charge in [-0.2, -0.15) is 5.26 Å². The molecular formula is C25H30FN7O3. The Balaban J connectivity index is 1.58. The zero-order valence-electron chi connectivity index (χ0n) is 20.4. The van der Waals surface area contributed by atoms with Crippen molar-refractivity contribution in [1.82, 2.24) is 24.8 Å². The molecule has 3 aromatic rings. The molecule has 0 spiro atoms. The van der Waals surface area contributed by atoms with Gasteiger partial charge in [0.1, 0.15) is 23.7 Å². The van der Waals surface area contributed by atoms with Crippen LogP contribution in [0.15, 0.2) is 36.8 Å². The van der Waals surface area contributed by atoms with Crippen molar-refractivity contribution in [2.45, 2.75) is 25.6 Å². The minimum absolute atomic E-state index is 0.264. The van der Waals surface area contributed by atoms with Crippen LogP contribution in [0.25, 0.3) is 16.9 Å². The Kier molecular flexibility index (Phi) is 7.79. The third-order valence-corrected chi connectivity index (χ3v) is 6.09. The Morgan fingerprint density at radius 3 is 2.81 bits per heavy atom. The zero-order valence-corrected chi connectivity index (χ0v) is 20.4. The molecule has 1 unspecified atom stereocenters. The summed E-state index contributed by atoms with van der Waals surface area (Å²) in [5.74, 6) is 0.0384. The van der Waals surface area contributed by atoms with Gasteiger partial charge >= 0.3 is 0 Å². The van der Waals surface area contributed by atoms with Gasteiger partial charge in [0, 0.05) is 56.2 Å². The van der Waals surface area contributed by atoms with Crippen molar-refractivity contribution in [3.05, 3.63) is 47.9 Å². The van der Waals surface area contributed by atoms with Gasteiger partial charge in [0.15, 0.2) is 0 Å². The standard InChI is InChI=1S/C25H30FN7O3/c1-25(2,35)21(26)16-31-24(34)19-15-29-22(12-20(19)28-4-6-32-7-9-36-10-8-32)33-5-3-18-11-17(13-27)14-30-23(18)33/h3,5,11-12,14-15,21,35H,4,6-10,16H2,1-2H3,(H,28,29)(H,31,34). The fraction of sp³-hybridized carbons (Fsp3) is 0.440. The van der Waals surface area contributed by atoms with Crippen LogP contribution in [0.3, 0.4) is 0 Å². The molecule has 0 radical (unpaired) electrons. The van der Waals surface area contributed by atoms with Gasteiger partial charge in [0.25, 0.3) is 5.91 Å². The van der Waals surface area contributed by atoms with E-state index in [1.54, 1.807) is 22.9 Å². The average molecular weight is 496 g/mol. The van der Waals surface area contributed by atoms with Crippen LogP contribution in [0.5, 0.6) is 0 Å². The molecule has 36 heavy (non-hydrogen) atoms. The fourth-order valence-corrected chi connectivity index (χ4v) is 3.87. The number of morpholine rings is 1. The van der Waals surface area contributed by atoms with Crippen molar-refractivity contribution >= 4 is 22.6 Å². The molecule has 4 heterocycles. The number of nitrogens with zero attached hydrogens (tertiary/aromatic N) is 5. The number of alkyl halides is 1. The second-order valence-electron chi connectivity index (χ2n) is 9.23. The second kappa shape index (κ2) is 11.0. The van der Waals surface area contributed by atoms with E-state index in [1.807, 2.05) is 6.07 Å². The first-order chi connectivity index (χ1) is 17.3. The van der Waals surface area contributed by atoms with Crippen LogP contribution in [-0.2, 0) is 4.74 Å². The summed E-state index contributed by atoms with van der Waals surface area (Å²) < 4.78 is 21.4. The number of aliphatic hydroxyl groups is 1. The third-order valence-electron chi connectivity index (χ3n) is 6.09. The first-order valence-corrected chi connectivity index (χ1v) is 11.8. The smallest absolute Gasteiger partial charge is 0.255 e. The van der Waals surface area contributed by atoms with Crippen LogP contribution >= 0.6 is 0 Å². The molecule has 0 bridgehead atoms. The van der Waals surface area contributed by atoms with Crippen molar-refractivity contribution < 1.29 is 19.0 Å². The number of anilines is 1. The Bertz CT molecular complexity index is 1260. The van der Waals surface area contributed by atoms with Crippen LogP contribution in [-0.4, -0.2) is 88.2 Å². The molecule has 0 aliphatic carbocycles. The van der Waals surface area contributed by atoms with Crippen LogP contribution in [0.4, 0.5) is 10.1 Å². The van der Waals surface area contributed by atoms with Crippen molar-refractivity contribution in [2.75, 3.05) is 51.3 Å². The van der Waals surface area contributed by atoms with Crippen LogP contribution < -0.4 is 10.6 Å². The molecule has 1 aliphatic heterocycles. The van der Waals surface area contributed by atoms with Gasteiger partial charge in [-0.3, -0.25) is 14.3 Å². The molecule has 3 aromatic heterocycles. The molecule has 3 N–H and O–H groups in total. The van der Waals surface area contributed by atoms with Crippen LogP contribution in [0.1, 0.15) is 29.8 Å². The van der Waals surface area contributed by atoms with E-state index in [4.69, 9.17) is 10.00 Å². The van der Waals surface area contributed by atoms with Gasteiger partial charge in [-0.25, -0.2) is 14.4 Å². The lowest BCUT2D eigenvalue weighted by molar-refractivity contribution is -0.00177. The van der Waals surface area contributed by atoms with Gasteiger partial charge in [-0.15, -0.1) is 0 Å². The number of hydrogen-bond acceptors (Lipinski definition) is 8. The lowest BCUT2D eigenvalue weighted by Gasteiger charge is -2.27. The normalized spacial score (nSPS) is 15.4. The summed E-state index contributed by atoms with van der Waals surface area (Å²) in [5.41, 5.74) is 0.328. The number of pyridine rings is 2. The van der Waals surface area contributed by atoms with Crippen molar-refractivity contribution in [3.63, 3.8) is 0 Å². The van der Waals surface area contributed by atoms with Crippen molar-refractivity contribution in [1.29, 1.82) is 5.26 Å². The van der Waals surface area contributed by atoms with E-state index in [0.29, 0.717) is 42.5 Å². The number of amides is 1. The summed E-state index contributed by atoms with van der Waals surface area (Å²) in [6, 6.07) is 7.42. The minimum Gasteiger partial charge on any atom is -0.387 e. The summed E-state index contributed by atoms with van der Waals surface area (Å²) >= 11 is 0. The number of carbonyl (C=O) groups is 1. The van der Waals surface area contributed by atoms with E-state index in [1.165, 1.54) is 26.2 Å². The summed E-state index contributed by atoms with van der Waals surface area (Å²) in [7, 11) is 0. The second-order valence-corrected chi connectivity index (χ2v) is 9.23. The van der Waals surface area contributed by atoms with Gasteiger partial charge < -0.3 is 20.5 Å². The number of aromatic nitrogens is 3. The van der Waals surface area contributed by atoms with E-state index in [-0.39, 0.29) is 12.1 Å². The summed E-state index contributed by atoms with van der Waals surface area (Å²) in [6.45, 7) is 6.80. The number of nitriles is 1. The third kappa shape index (κ3) is 5.96. The summed E-state index contributed by atoms with van der Waals surface area (Å²) in [6.07, 6.45) is 3.12. The lowest BCUT2D eigenvalue weighted by Crippen LogP contribution is -2.42. The monoisotopic (exact) mass is 495 g/mol. The Labute approximate surface area is 208 Å². The van der Waals surface area contributed by atoms with Gasteiger partial charge in [0.05, 0.1) is 42.2 Å². The number of nitrogens with one attached hydrogen (secondary N) is 2. The molecular weight excluding hydrogens is 465 g/mol. The van der Waals surface area contributed by atoms with Gasteiger partial charge in [-0.1, -0.05) is 0 Å². The van der Waals surface area contributed by atoms with E-state index < -0.39 is 17.7 Å². The first-order valence-electron chi connectivity index (χ1n) is 11.8. The van der Waals surface area contributed by atoms with Crippen molar-refractivity contribution in [3.8, 4) is 11.9 Å². The van der Waals surface area contributed by atoms with Crippen LogP contribution in [0, 0.1) is 11.3 Å². The molecule has 190 valence electrons. The molecule has 4 rings (SSSR count). The predicted octanol–water partition coefficient (Wildman–Crippen LogP) is 1.88. The highest BCUT2D eigenvalue weighted by molar-refractivity contribution is 5.99. The zero-order chi connectivity index (χ0) is 25.7. The lowest BCUT2D eigenvalue weighted by atomic mass is 10.0. The molecule has 1 aliphatic rings. The summed E-state index contributed by atoms with van der Waals surface area (Å²) in [4.78, 5) is 24.0. The average Bonchev–Trinajstić information content (AvgIpc) is 3.30. The number of rotatable bonds is 9. The first kappa shape index (κ1) is 25.5. The molecule has 11 heteroatoms. The molecule has 1 fully saturated rings. The van der Waals surface area contributed by atoms with Gasteiger partial charge in [0.2, 0.25) is 0 Å². The minimum atomic E-state index is -1.62. The number of fused-ring (bicyclic) bond motifs is 1. The SMILES string of the molecule is CC(C)(O)C(F)CNC(=O)c1cnc(-n2ccc3cc(C#N)cnc32)cc1NCCN1CCOCC1.